The fourth-order valence-electron chi connectivity index (χ4n) is 2.64. The summed E-state index contributed by atoms with van der Waals surface area (Å²) in [5.74, 6) is 1.68. The molecule has 2 heterocycles. The molecule has 0 aliphatic rings. The minimum absolute atomic E-state index is 0.704. The molecule has 5 nitrogen and oxygen atoms in total. The maximum atomic E-state index is 4.82. The second-order valence-corrected chi connectivity index (χ2v) is 5.91. The van der Waals surface area contributed by atoms with Crippen LogP contribution in [0, 0.1) is 0 Å². The van der Waals surface area contributed by atoms with Crippen molar-refractivity contribution >= 4 is 11.8 Å². The van der Waals surface area contributed by atoms with Crippen molar-refractivity contribution in [3.05, 3.63) is 30.6 Å². The summed E-state index contributed by atoms with van der Waals surface area (Å²) in [6, 6.07) is 5.95. The maximum Gasteiger partial charge on any atom is 0.224 e. The minimum atomic E-state index is 0.704. The predicted octanol–water partition coefficient (Wildman–Crippen LogP) is 4.38. The zero-order valence-electron chi connectivity index (χ0n) is 15.1. The summed E-state index contributed by atoms with van der Waals surface area (Å²) in [4.78, 5) is 16.2. The maximum absolute atomic E-state index is 4.82. The molecule has 2 rings (SSSR count). The normalized spacial score (nSPS) is 10.6. The van der Waals surface area contributed by atoms with Crippen molar-refractivity contribution in [2.75, 3.05) is 29.9 Å². The molecule has 0 aliphatic heterocycles. The van der Waals surface area contributed by atoms with Crippen LogP contribution in [0.2, 0.25) is 0 Å². The molecule has 0 spiro atoms. The lowest BCUT2D eigenvalue weighted by Gasteiger charge is -2.25. The lowest BCUT2D eigenvalue weighted by molar-refractivity contribution is 0.733. The predicted molar refractivity (Wildman–Crippen MR) is 101 cm³/mol. The number of aromatic nitrogens is 3. The van der Waals surface area contributed by atoms with Gasteiger partial charge in [-0.2, -0.15) is 4.98 Å². The molecule has 0 aromatic carbocycles. The highest BCUT2D eigenvalue weighted by molar-refractivity contribution is 5.73. The molecule has 24 heavy (non-hydrogen) atoms. The van der Waals surface area contributed by atoms with Crippen molar-refractivity contribution in [2.24, 2.45) is 0 Å². The topological polar surface area (TPSA) is 53.9 Å². The van der Waals surface area contributed by atoms with Crippen LogP contribution in [-0.4, -0.2) is 34.6 Å². The van der Waals surface area contributed by atoms with Gasteiger partial charge in [0.15, 0.2) is 0 Å². The number of nitrogens with zero attached hydrogens (tertiary/aromatic N) is 4. The molecule has 0 bridgehead atoms. The standard InChI is InChI=1S/C19H29N5/c1-4-7-11-21-19-22-15-16(17-10-8-9-12-20-17)18(23-19)24(13-5-2)14-6-3/h8-10,12,15H,4-7,11,13-14H2,1-3H3,(H,21,22,23). The number of rotatable bonds is 10. The second kappa shape index (κ2) is 9.85. The van der Waals surface area contributed by atoms with E-state index in [2.05, 4.69) is 41.0 Å². The molecular formula is C19H29N5. The highest BCUT2D eigenvalue weighted by Crippen LogP contribution is 2.28. The molecule has 0 unspecified atom stereocenters. The number of anilines is 2. The number of hydrogen-bond donors (Lipinski definition) is 1. The van der Waals surface area contributed by atoms with Gasteiger partial charge in [-0.15, -0.1) is 0 Å². The van der Waals surface area contributed by atoms with Gasteiger partial charge in [0.25, 0.3) is 0 Å². The summed E-state index contributed by atoms with van der Waals surface area (Å²) >= 11 is 0. The van der Waals surface area contributed by atoms with Crippen LogP contribution in [0.4, 0.5) is 11.8 Å². The van der Waals surface area contributed by atoms with Crippen LogP contribution in [0.15, 0.2) is 30.6 Å². The zero-order chi connectivity index (χ0) is 17.2. The third-order valence-corrected chi connectivity index (χ3v) is 3.81. The van der Waals surface area contributed by atoms with Crippen molar-refractivity contribution < 1.29 is 0 Å². The van der Waals surface area contributed by atoms with Crippen molar-refractivity contribution in [2.45, 2.75) is 46.5 Å². The average molecular weight is 327 g/mol. The molecule has 0 aliphatic carbocycles. The first kappa shape index (κ1) is 18.2. The highest BCUT2D eigenvalue weighted by Gasteiger charge is 2.16. The summed E-state index contributed by atoms with van der Waals surface area (Å²) in [7, 11) is 0. The molecule has 2 aromatic heterocycles. The molecule has 1 N–H and O–H groups in total. The van der Waals surface area contributed by atoms with E-state index < -0.39 is 0 Å². The second-order valence-electron chi connectivity index (χ2n) is 5.91. The van der Waals surface area contributed by atoms with Crippen LogP contribution in [0.25, 0.3) is 11.3 Å². The molecule has 0 fully saturated rings. The molecule has 2 aromatic rings. The lowest BCUT2D eigenvalue weighted by atomic mass is 10.2. The van der Waals surface area contributed by atoms with Gasteiger partial charge in [-0.05, 0) is 31.4 Å². The fourth-order valence-corrected chi connectivity index (χ4v) is 2.64. The first-order chi connectivity index (χ1) is 11.8. The van der Waals surface area contributed by atoms with Gasteiger partial charge in [-0.1, -0.05) is 33.3 Å². The number of unbranched alkanes of at least 4 members (excludes halogenated alkanes) is 1. The Hall–Kier alpha value is -2.17. The Morgan fingerprint density at radius 3 is 2.42 bits per heavy atom. The quantitative estimate of drug-likeness (QED) is 0.656. The van der Waals surface area contributed by atoms with Gasteiger partial charge in [0.1, 0.15) is 5.82 Å². The molecule has 5 heteroatoms. The van der Waals surface area contributed by atoms with Crippen LogP contribution in [0.1, 0.15) is 46.5 Å². The van der Waals surface area contributed by atoms with Crippen LogP contribution >= 0.6 is 0 Å². The third-order valence-electron chi connectivity index (χ3n) is 3.81. The monoisotopic (exact) mass is 327 g/mol. The smallest absolute Gasteiger partial charge is 0.224 e. The van der Waals surface area contributed by atoms with E-state index in [1.165, 1.54) is 0 Å². The van der Waals surface area contributed by atoms with E-state index in [4.69, 9.17) is 4.98 Å². The van der Waals surface area contributed by atoms with Crippen LogP contribution < -0.4 is 10.2 Å². The Balaban J connectivity index is 2.37. The summed E-state index contributed by atoms with van der Waals surface area (Å²) < 4.78 is 0. The van der Waals surface area contributed by atoms with Gasteiger partial charge < -0.3 is 10.2 Å². The molecule has 0 saturated carbocycles. The summed E-state index contributed by atoms with van der Waals surface area (Å²) in [5.41, 5.74) is 1.92. The number of pyridine rings is 1. The first-order valence-electron chi connectivity index (χ1n) is 9.07. The first-order valence-corrected chi connectivity index (χ1v) is 9.07. The zero-order valence-corrected chi connectivity index (χ0v) is 15.1. The SMILES string of the molecule is CCCCNc1ncc(-c2ccccn2)c(N(CCC)CCC)n1. The Morgan fingerprint density at radius 1 is 1.00 bits per heavy atom. The lowest BCUT2D eigenvalue weighted by Crippen LogP contribution is -2.27. The van der Waals surface area contributed by atoms with Gasteiger partial charge in [0.05, 0.1) is 11.3 Å². The largest absolute Gasteiger partial charge is 0.356 e. The van der Waals surface area contributed by atoms with Gasteiger partial charge in [-0.25, -0.2) is 4.98 Å². The van der Waals surface area contributed by atoms with E-state index in [0.717, 1.165) is 62.4 Å². The minimum Gasteiger partial charge on any atom is -0.356 e. The summed E-state index contributed by atoms with van der Waals surface area (Å²) in [6.07, 6.45) is 8.17. The Morgan fingerprint density at radius 2 is 1.79 bits per heavy atom. The van der Waals surface area contributed by atoms with E-state index in [0.29, 0.717) is 5.95 Å². The van der Waals surface area contributed by atoms with Crippen LogP contribution in [-0.2, 0) is 0 Å². The average Bonchev–Trinajstić information content (AvgIpc) is 2.62. The van der Waals surface area contributed by atoms with Crippen molar-refractivity contribution in [3.8, 4) is 11.3 Å². The van der Waals surface area contributed by atoms with Crippen LogP contribution in [0.3, 0.4) is 0 Å². The molecular weight excluding hydrogens is 298 g/mol. The summed E-state index contributed by atoms with van der Waals surface area (Å²) in [6.45, 7) is 9.45. The van der Waals surface area contributed by atoms with Crippen molar-refractivity contribution in [1.82, 2.24) is 15.0 Å². The van der Waals surface area contributed by atoms with Crippen molar-refractivity contribution in [3.63, 3.8) is 0 Å². The van der Waals surface area contributed by atoms with E-state index in [-0.39, 0.29) is 0 Å². The van der Waals surface area contributed by atoms with E-state index >= 15 is 0 Å². The Kier molecular flexibility index (Phi) is 7.46. The fraction of sp³-hybridized carbons (Fsp3) is 0.526. The molecule has 0 saturated heterocycles. The number of hydrogen-bond acceptors (Lipinski definition) is 5. The van der Waals surface area contributed by atoms with Gasteiger partial charge in [-0.3, -0.25) is 4.98 Å². The molecule has 0 radical (unpaired) electrons. The number of nitrogens with one attached hydrogen (secondary N) is 1. The Bertz CT molecular complexity index is 594. The molecule has 0 amide bonds. The Labute approximate surface area is 145 Å². The van der Waals surface area contributed by atoms with E-state index in [9.17, 15) is 0 Å². The third kappa shape index (κ3) is 4.91. The van der Waals surface area contributed by atoms with E-state index in [1.54, 1.807) is 0 Å². The summed E-state index contributed by atoms with van der Waals surface area (Å²) in [5, 5.41) is 3.33. The molecule has 130 valence electrons. The van der Waals surface area contributed by atoms with E-state index in [1.807, 2.05) is 30.6 Å². The molecule has 0 atom stereocenters. The van der Waals surface area contributed by atoms with Crippen LogP contribution in [0.5, 0.6) is 0 Å². The van der Waals surface area contributed by atoms with Gasteiger partial charge in [0, 0.05) is 32.0 Å². The highest BCUT2D eigenvalue weighted by atomic mass is 15.2. The van der Waals surface area contributed by atoms with Gasteiger partial charge in [0.2, 0.25) is 5.95 Å². The van der Waals surface area contributed by atoms with Crippen molar-refractivity contribution in [1.29, 1.82) is 0 Å². The van der Waals surface area contributed by atoms with Gasteiger partial charge >= 0.3 is 0 Å².